The molecule has 1 aliphatic rings. The summed E-state index contributed by atoms with van der Waals surface area (Å²) in [6.07, 6.45) is 10.3. The number of ether oxygens (including phenoxy) is 2. The van der Waals surface area contributed by atoms with E-state index in [0.29, 0.717) is 24.5 Å². The quantitative estimate of drug-likeness (QED) is 0.463. The Morgan fingerprint density at radius 1 is 1.04 bits per heavy atom. The largest absolute Gasteiger partial charge is 0.507 e. The molecule has 0 unspecified atom stereocenters. The highest BCUT2D eigenvalue weighted by atomic mass is 16.5. The average Bonchev–Trinajstić information content (AvgIpc) is 2.59. The predicted octanol–water partition coefficient (Wildman–Crippen LogP) is 6.28. The smallest absolute Gasteiger partial charge is 0.136 e. The summed E-state index contributed by atoms with van der Waals surface area (Å²) in [5, 5.41) is 10.6. The van der Waals surface area contributed by atoms with Crippen molar-refractivity contribution in [3.05, 3.63) is 17.7 Å². The van der Waals surface area contributed by atoms with Gasteiger partial charge in [-0.3, -0.25) is 4.99 Å². The molecule has 152 valence electrons. The lowest BCUT2D eigenvalue weighted by Gasteiger charge is -2.34. The highest BCUT2D eigenvalue weighted by molar-refractivity contribution is 6.06. The zero-order valence-electron chi connectivity index (χ0n) is 17.6. The number of aromatic hydroxyl groups is 1. The second-order valence-electron chi connectivity index (χ2n) is 8.15. The molecule has 4 heteroatoms. The summed E-state index contributed by atoms with van der Waals surface area (Å²) < 4.78 is 11.9. The minimum absolute atomic E-state index is 0.205. The van der Waals surface area contributed by atoms with Gasteiger partial charge in [0.15, 0.2) is 0 Å². The Morgan fingerprint density at radius 2 is 1.74 bits per heavy atom. The van der Waals surface area contributed by atoms with Crippen LogP contribution in [0.1, 0.15) is 91.0 Å². The molecule has 0 amide bonds. The van der Waals surface area contributed by atoms with Crippen molar-refractivity contribution in [2.45, 2.75) is 91.1 Å². The second kappa shape index (κ2) is 10.6. The van der Waals surface area contributed by atoms with Crippen LogP contribution in [-0.4, -0.2) is 29.6 Å². The van der Waals surface area contributed by atoms with Crippen LogP contribution in [0.25, 0.3) is 0 Å². The number of aliphatic imine (C=N–C) groups is 1. The molecule has 0 atom stereocenters. The van der Waals surface area contributed by atoms with E-state index < -0.39 is 0 Å². The van der Waals surface area contributed by atoms with E-state index >= 15 is 0 Å². The molecule has 2 rings (SSSR count). The van der Waals surface area contributed by atoms with Gasteiger partial charge in [-0.15, -0.1) is 0 Å². The molecular weight excluding hydrogens is 338 g/mol. The maximum absolute atomic E-state index is 10.6. The Morgan fingerprint density at radius 3 is 2.48 bits per heavy atom. The monoisotopic (exact) mass is 375 g/mol. The van der Waals surface area contributed by atoms with Gasteiger partial charge in [0.05, 0.1) is 17.9 Å². The van der Waals surface area contributed by atoms with Crippen LogP contribution < -0.4 is 9.47 Å². The number of benzene rings is 1. The van der Waals surface area contributed by atoms with E-state index in [1.54, 1.807) is 6.07 Å². The van der Waals surface area contributed by atoms with Crippen molar-refractivity contribution in [1.82, 2.24) is 0 Å². The van der Waals surface area contributed by atoms with Gasteiger partial charge in [0.25, 0.3) is 0 Å². The van der Waals surface area contributed by atoms with E-state index in [-0.39, 0.29) is 11.4 Å². The van der Waals surface area contributed by atoms with Gasteiger partial charge in [-0.2, -0.15) is 0 Å². The zero-order chi connectivity index (χ0) is 19.7. The van der Waals surface area contributed by atoms with E-state index in [1.807, 2.05) is 6.07 Å². The topological polar surface area (TPSA) is 51.0 Å². The maximum Gasteiger partial charge on any atom is 0.136 e. The third-order valence-electron chi connectivity index (χ3n) is 4.90. The molecular formula is C23H37NO3. The summed E-state index contributed by atoms with van der Waals surface area (Å²) in [4.78, 5) is 4.84. The first-order valence-corrected chi connectivity index (χ1v) is 10.7. The lowest BCUT2D eigenvalue weighted by molar-refractivity contribution is 0.110. The maximum atomic E-state index is 10.6. The second-order valence-corrected chi connectivity index (χ2v) is 8.15. The zero-order valence-corrected chi connectivity index (χ0v) is 17.6. The fourth-order valence-electron chi connectivity index (χ4n) is 3.43. The number of unbranched alkanes of at least 4 members (excludes halogenated alkanes) is 6. The molecule has 4 nitrogen and oxygen atoms in total. The minimum atomic E-state index is -0.332. The molecule has 0 spiro atoms. The van der Waals surface area contributed by atoms with E-state index in [9.17, 15) is 5.11 Å². The molecule has 0 saturated carbocycles. The summed E-state index contributed by atoms with van der Waals surface area (Å²) in [6, 6.07) is 3.59. The lowest BCUT2D eigenvalue weighted by Crippen LogP contribution is -2.36. The average molecular weight is 376 g/mol. The standard InChI is InChI=1S/C23H37NO3/c1-5-7-9-10-11-12-13-24-19-17-23(3,4)27-21-16-18(26-14-8-6-2)15-20(25)22(19)21/h15-16,25H,5-14,17H2,1-4H3. The van der Waals surface area contributed by atoms with Crippen LogP contribution >= 0.6 is 0 Å². The van der Waals surface area contributed by atoms with Gasteiger partial charge in [0.1, 0.15) is 22.8 Å². The van der Waals surface area contributed by atoms with Crippen molar-refractivity contribution in [2.24, 2.45) is 4.99 Å². The molecule has 1 aromatic rings. The van der Waals surface area contributed by atoms with Crippen LogP contribution in [0.15, 0.2) is 17.1 Å². The highest BCUT2D eigenvalue weighted by Crippen LogP contribution is 2.41. The molecule has 0 aliphatic carbocycles. The van der Waals surface area contributed by atoms with Crippen LogP contribution in [0.3, 0.4) is 0 Å². The Kier molecular flexibility index (Phi) is 8.46. The number of phenols is 1. The number of rotatable bonds is 11. The highest BCUT2D eigenvalue weighted by Gasteiger charge is 2.33. The Bertz CT molecular complexity index is 622. The van der Waals surface area contributed by atoms with Crippen molar-refractivity contribution >= 4 is 5.71 Å². The molecule has 0 radical (unpaired) electrons. The molecule has 1 aromatic carbocycles. The van der Waals surface area contributed by atoms with E-state index in [4.69, 9.17) is 14.5 Å². The van der Waals surface area contributed by atoms with Gasteiger partial charge >= 0.3 is 0 Å². The summed E-state index contributed by atoms with van der Waals surface area (Å²) in [7, 11) is 0. The van der Waals surface area contributed by atoms with Crippen LogP contribution in [0.5, 0.6) is 17.2 Å². The number of phenolic OH excluding ortho intramolecular Hbond substituents is 1. The van der Waals surface area contributed by atoms with Gasteiger partial charge in [0, 0.05) is 25.1 Å². The minimum Gasteiger partial charge on any atom is -0.507 e. The van der Waals surface area contributed by atoms with E-state index in [2.05, 4.69) is 27.7 Å². The summed E-state index contributed by atoms with van der Waals surface area (Å²) in [6.45, 7) is 9.97. The first kappa shape index (κ1) is 21.6. The van der Waals surface area contributed by atoms with E-state index in [1.165, 1.54) is 32.1 Å². The molecule has 0 saturated heterocycles. The third-order valence-corrected chi connectivity index (χ3v) is 4.90. The van der Waals surface area contributed by atoms with Crippen molar-refractivity contribution in [2.75, 3.05) is 13.2 Å². The first-order chi connectivity index (χ1) is 13.0. The number of fused-ring (bicyclic) bond motifs is 1. The lowest BCUT2D eigenvalue weighted by atomic mass is 9.91. The normalized spacial score (nSPS) is 16.8. The van der Waals surface area contributed by atoms with Gasteiger partial charge < -0.3 is 14.6 Å². The summed E-state index contributed by atoms with van der Waals surface area (Å²) >= 11 is 0. The van der Waals surface area contributed by atoms with Crippen LogP contribution in [0.4, 0.5) is 0 Å². The number of hydrogen-bond acceptors (Lipinski definition) is 4. The van der Waals surface area contributed by atoms with Gasteiger partial charge in [-0.1, -0.05) is 52.4 Å². The van der Waals surface area contributed by atoms with Crippen molar-refractivity contribution in [3.63, 3.8) is 0 Å². The predicted molar refractivity (Wildman–Crippen MR) is 113 cm³/mol. The molecule has 27 heavy (non-hydrogen) atoms. The van der Waals surface area contributed by atoms with Crippen molar-refractivity contribution in [3.8, 4) is 17.2 Å². The van der Waals surface area contributed by atoms with Crippen LogP contribution in [0.2, 0.25) is 0 Å². The van der Waals surface area contributed by atoms with Gasteiger partial charge in [-0.25, -0.2) is 0 Å². The first-order valence-electron chi connectivity index (χ1n) is 10.7. The molecule has 0 fully saturated rings. The molecule has 1 N–H and O–H groups in total. The van der Waals surface area contributed by atoms with E-state index in [0.717, 1.165) is 37.1 Å². The number of hydrogen-bond donors (Lipinski definition) is 1. The Hall–Kier alpha value is -1.71. The summed E-state index contributed by atoms with van der Waals surface area (Å²) in [5.41, 5.74) is 1.36. The van der Waals surface area contributed by atoms with Gasteiger partial charge in [0.2, 0.25) is 0 Å². The van der Waals surface area contributed by atoms with Crippen molar-refractivity contribution < 1.29 is 14.6 Å². The summed E-state index contributed by atoms with van der Waals surface area (Å²) in [5.74, 6) is 1.54. The fourth-order valence-corrected chi connectivity index (χ4v) is 3.43. The Labute approximate surface area is 165 Å². The fraction of sp³-hybridized carbons (Fsp3) is 0.696. The number of nitrogens with zero attached hydrogens (tertiary/aromatic N) is 1. The molecule has 0 bridgehead atoms. The van der Waals surface area contributed by atoms with Crippen molar-refractivity contribution in [1.29, 1.82) is 0 Å². The van der Waals surface area contributed by atoms with Crippen LogP contribution in [-0.2, 0) is 0 Å². The molecule has 0 aromatic heterocycles. The van der Waals surface area contributed by atoms with Crippen LogP contribution in [0, 0.1) is 0 Å². The van der Waals surface area contributed by atoms with Gasteiger partial charge in [-0.05, 0) is 26.7 Å². The molecule has 1 heterocycles. The SMILES string of the molecule is CCCCCCCCN=C1CC(C)(C)Oc2cc(OCCCC)cc(O)c21. The Balaban J connectivity index is 2.08. The molecule has 1 aliphatic heterocycles. The third kappa shape index (κ3) is 6.75.